The van der Waals surface area contributed by atoms with E-state index in [2.05, 4.69) is 80.6 Å². The van der Waals surface area contributed by atoms with Gasteiger partial charge in [-0.25, -0.2) is 9.59 Å². The van der Waals surface area contributed by atoms with Crippen molar-refractivity contribution in [2.24, 2.45) is 5.92 Å². The second-order valence-electron chi connectivity index (χ2n) is 20.0. The van der Waals surface area contributed by atoms with Crippen LogP contribution in [-0.2, 0) is 11.3 Å². The predicted octanol–water partition coefficient (Wildman–Crippen LogP) is 12.3. The van der Waals surface area contributed by atoms with Gasteiger partial charge in [-0.3, -0.25) is 9.69 Å². The third kappa shape index (κ3) is 13.4. The largest absolute Gasteiger partial charge is 0.494 e. The fourth-order valence-electron chi connectivity index (χ4n) is 11.2. The van der Waals surface area contributed by atoms with E-state index < -0.39 is 17.9 Å². The summed E-state index contributed by atoms with van der Waals surface area (Å²) in [6.45, 7) is 12.4. The zero-order chi connectivity index (χ0) is 49.7. The Balaban J connectivity index is 0.000000174. The first-order valence-corrected chi connectivity index (χ1v) is 26.3. The van der Waals surface area contributed by atoms with E-state index in [1.54, 1.807) is 54.4 Å². The molecule has 12 heteroatoms. The second-order valence-corrected chi connectivity index (χ2v) is 20.0. The molecule has 3 N–H and O–H groups in total. The third-order valence-electron chi connectivity index (χ3n) is 15.2. The van der Waals surface area contributed by atoms with E-state index in [9.17, 15) is 19.5 Å². The first-order valence-electron chi connectivity index (χ1n) is 26.3. The Morgan fingerprint density at radius 3 is 1.94 bits per heavy atom. The van der Waals surface area contributed by atoms with Gasteiger partial charge < -0.3 is 38.8 Å². The molecule has 4 heterocycles. The number of aromatic nitrogens is 2. The number of para-hydroxylation sites is 3. The number of benzene rings is 4. The van der Waals surface area contributed by atoms with E-state index >= 15 is 0 Å². The fraction of sp³-hybridized carbons (Fsp3) is 0.475. The van der Waals surface area contributed by atoms with E-state index in [4.69, 9.17) is 19.7 Å². The monoisotopic (exact) mass is 967 g/mol. The topological polar surface area (TPSA) is 147 Å². The lowest BCUT2D eigenvalue weighted by atomic mass is 9.87. The van der Waals surface area contributed by atoms with Gasteiger partial charge in [-0.05, 0) is 162 Å². The maximum Gasteiger partial charge on any atom is 0.339 e. The molecule has 0 radical (unpaired) electrons. The molecule has 4 fully saturated rings. The highest BCUT2D eigenvalue weighted by Crippen LogP contribution is 2.42. The van der Waals surface area contributed by atoms with Crippen LogP contribution in [0.3, 0.4) is 0 Å². The molecular weight excluding hydrogens is 893 g/mol. The molecule has 0 atom stereocenters. The number of hydrogen-bond acceptors (Lipinski definition) is 7. The molecule has 2 saturated carbocycles. The minimum atomic E-state index is -0.945. The molecule has 0 unspecified atom stereocenters. The zero-order valence-electron chi connectivity index (χ0n) is 41.9. The lowest BCUT2D eigenvalue weighted by Crippen LogP contribution is -2.36. The van der Waals surface area contributed by atoms with E-state index in [-0.39, 0.29) is 17.5 Å². The predicted molar refractivity (Wildman–Crippen MR) is 281 cm³/mol. The number of aliphatic carboxylic acids is 1. The minimum Gasteiger partial charge on any atom is -0.494 e. The van der Waals surface area contributed by atoms with Gasteiger partial charge in [0.15, 0.2) is 0 Å². The number of ether oxygens (including phenoxy) is 2. The number of likely N-dealkylation sites (tertiary alicyclic amines) is 2. The van der Waals surface area contributed by atoms with Crippen molar-refractivity contribution in [3.8, 4) is 11.5 Å². The van der Waals surface area contributed by atoms with Crippen LogP contribution in [0.5, 0.6) is 11.5 Å². The Bertz CT molecular complexity index is 2700. The molecule has 12 nitrogen and oxygen atoms in total. The van der Waals surface area contributed by atoms with Gasteiger partial charge in [-0.2, -0.15) is 0 Å². The summed E-state index contributed by atoms with van der Waals surface area (Å²) in [5.41, 5.74) is 7.93. The zero-order valence-corrected chi connectivity index (χ0v) is 41.9. The average molecular weight is 967 g/mol. The lowest BCUT2D eigenvalue weighted by Gasteiger charge is -2.32. The van der Waals surface area contributed by atoms with Crippen molar-refractivity contribution >= 4 is 39.7 Å². The summed E-state index contributed by atoms with van der Waals surface area (Å²) in [5.74, 6) is 0.598. The van der Waals surface area contributed by atoms with Crippen molar-refractivity contribution in [3.63, 3.8) is 0 Å². The van der Waals surface area contributed by atoms with Crippen molar-refractivity contribution in [2.75, 3.05) is 52.5 Å². The molecule has 71 heavy (non-hydrogen) atoms. The smallest absolute Gasteiger partial charge is 0.339 e. The maximum absolute atomic E-state index is 11.4. The molecular formula is C59H74N4O8. The molecule has 0 amide bonds. The summed E-state index contributed by atoms with van der Waals surface area (Å²) in [7, 11) is 0. The van der Waals surface area contributed by atoms with Crippen molar-refractivity contribution in [1.82, 2.24) is 18.9 Å². The van der Waals surface area contributed by atoms with Gasteiger partial charge in [0.2, 0.25) is 0 Å². The number of nitrogens with zero attached hydrogens (tertiary/aromatic N) is 4. The third-order valence-corrected chi connectivity index (χ3v) is 15.2. The van der Waals surface area contributed by atoms with Crippen molar-refractivity contribution < 1.29 is 39.2 Å². The Morgan fingerprint density at radius 1 is 0.634 bits per heavy atom. The van der Waals surface area contributed by atoms with Gasteiger partial charge in [0.1, 0.15) is 23.7 Å². The molecule has 6 aromatic rings. The number of rotatable bonds is 17. The van der Waals surface area contributed by atoms with Crippen LogP contribution in [0, 0.1) is 12.8 Å². The number of hydrogen-bond donors (Lipinski definition) is 3. The second kappa shape index (κ2) is 24.8. The fourth-order valence-corrected chi connectivity index (χ4v) is 11.2. The Morgan fingerprint density at radius 2 is 1.27 bits per heavy atom. The minimum absolute atomic E-state index is 0.222. The van der Waals surface area contributed by atoms with E-state index in [0.29, 0.717) is 42.6 Å². The van der Waals surface area contributed by atoms with Crippen LogP contribution in [0.15, 0.2) is 103 Å². The normalized spacial score (nSPS) is 17.3. The van der Waals surface area contributed by atoms with Crippen LogP contribution in [0.1, 0.15) is 146 Å². The molecule has 2 aliphatic carbocycles. The van der Waals surface area contributed by atoms with Crippen molar-refractivity contribution in [2.45, 2.75) is 122 Å². The molecule has 0 bridgehead atoms. The van der Waals surface area contributed by atoms with Gasteiger partial charge in [-0.1, -0.05) is 80.8 Å². The Labute approximate surface area is 419 Å². The molecule has 2 aromatic heterocycles. The summed E-state index contributed by atoms with van der Waals surface area (Å²) in [4.78, 5) is 36.8. The number of carbonyl (C=O) groups is 3. The quantitative estimate of drug-likeness (QED) is 0.0755. The molecule has 10 rings (SSSR count). The van der Waals surface area contributed by atoms with Gasteiger partial charge in [-0.15, -0.1) is 0 Å². The Hall–Kier alpha value is -6.11. The number of fused-ring (bicyclic) bond motifs is 2. The van der Waals surface area contributed by atoms with Gasteiger partial charge in [0.05, 0.1) is 12.2 Å². The average Bonchev–Trinajstić information content (AvgIpc) is 4.08. The van der Waals surface area contributed by atoms with Crippen LogP contribution in [0.2, 0.25) is 0 Å². The first kappa shape index (κ1) is 51.3. The van der Waals surface area contributed by atoms with Crippen molar-refractivity contribution in [1.29, 1.82) is 0 Å². The molecule has 2 aliphatic heterocycles. The molecule has 0 spiro atoms. The standard InChI is InChI=1S/C29H36N2O3.C27H32N2O3.C3H6O2/c1-21-28(24-11-5-7-13-26(24)31(21)23-9-3-2-4-10-23)22-15-17-30(18-16-22)19-20-34-27-14-8-6-12-25(27)29(32)33;30-27(31)22-5-3-6-23(17-22)32-16-4-13-28-14-11-21(12-15-28)25-19-29(18-20-9-10-20)26-8-2-1-7-24(25)26;1-2-3(4)5/h5-8,11-14,22-23H,2-4,9-10,15-20H2,1H3,(H,32,33);1-3,5-8,17,19-21H,4,9-16,18H2,(H,30,31);2H2,1H3,(H,4,5). The summed E-state index contributed by atoms with van der Waals surface area (Å²) in [6.07, 6.45) is 17.8. The summed E-state index contributed by atoms with van der Waals surface area (Å²) < 4.78 is 16.8. The maximum atomic E-state index is 11.4. The van der Waals surface area contributed by atoms with Crippen LogP contribution in [0.25, 0.3) is 21.8 Å². The molecule has 378 valence electrons. The highest BCUT2D eigenvalue weighted by atomic mass is 16.5. The molecule has 4 aliphatic rings. The lowest BCUT2D eigenvalue weighted by molar-refractivity contribution is -0.136. The highest BCUT2D eigenvalue weighted by molar-refractivity contribution is 5.91. The number of carboxylic acid groups (broad SMARTS) is 3. The number of carboxylic acids is 3. The van der Waals surface area contributed by atoms with Gasteiger partial charge >= 0.3 is 17.9 Å². The highest BCUT2D eigenvalue weighted by Gasteiger charge is 2.30. The van der Waals surface area contributed by atoms with Crippen LogP contribution in [-0.4, -0.2) is 105 Å². The number of aromatic carboxylic acids is 2. The SMILES string of the molecule is CCC(=O)O.Cc1c(C2CCN(CCOc3ccccc3C(=O)O)CC2)c2ccccc2n1C1CCCCC1.O=C(O)c1cccc(OCCCN2CCC(c3cn(CC4CC4)c4ccccc34)CC2)c1. The van der Waals surface area contributed by atoms with Crippen molar-refractivity contribution in [3.05, 3.63) is 131 Å². The molecule has 2 saturated heterocycles. The summed E-state index contributed by atoms with van der Waals surface area (Å²) in [6, 6.07) is 32.2. The summed E-state index contributed by atoms with van der Waals surface area (Å²) in [5, 5.41) is 29.1. The van der Waals surface area contributed by atoms with Crippen LogP contribution < -0.4 is 9.47 Å². The summed E-state index contributed by atoms with van der Waals surface area (Å²) >= 11 is 0. The van der Waals surface area contributed by atoms with E-state index in [1.165, 1.54) is 91.8 Å². The number of piperidine rings is 2. The van der Waals surface area contributed by atoms with Crippen LogP contribution in [0.4, 0.5) is 0 Å². The molecule has 4 aromatic carbocycles. The van der Waals surface area contributed by atoms with E-state index in [1.807, 2.05) is 12.1 Å². The van der Waals surface area contributed by atoms with Gasteiger partial charge in [0, 0.05) is 65.8 Å². The van der Waals surface area contributed by atoms with Gasteiger partial charge in [0.25, 0.3) is 0 Å². The van der Waals surface area contributed by atoms with Crippen LogP contribution >= 0.6 is 0 Å². The Kier molecular flexibility index (Phi) is 17.9. The first-order chi connectivity index (χ1) is 34.6. The van der Waals surface area contributed by atoms with E-state index in [0.717, 1.165) is 64.4 Å².